The Labute approximate surface area is 424 Å². The molecule has 0 aliphatic rings. The van der Waals surface area contributed by atoms with Gasteiger partial charge in [0.05, 0.1) is 39.9 Å². The molecule has 1 amide bonds. The Morgan fingerprint density at radius 1 is 0.485 bits per heavy atom. The van der Waals surface area contributed by atoms with Crippen LogP contribution in [0.4, 0.5) is 0 Å². The number of nitrogens with one attached hydrogen (secondary N) is 1. The van der Waals surface area contributed by atoms with Crippen molar-refractivity contribution < 1.29 is 32.9 Å². The number of nitrogens with zero attached hydrogens (tertiary/aromatic N) is 1. The average Bonchev–Trinajstić information content (AvgIpc) is 3.30. The van der Waals surface area contributed by atoms with Crippen LogP contribution in [-0.4, -0.2) is 73.4 Å². The van der Waals surface area contributed by atoms with Crippen LogP contribution in [0.1, 0.15) is 296 Å². The number of allylic oxidation sites excluding steroid dienone is 3. The number of likely N-dealkylation sites (N-methyl/N-ethyl adjacent to an activating group) is 1. The van der Waals surface area contributed by atoms with E-state index in [4.69, 9.17) is 9.05 Å². The van der Waals surface area contributed by atoms with Crippen LogP contribution in [0.25, 0.3) is 0 Å². The van der Waals surface area contributed by atoms with Gasteiger partial charge in [0.1, 0.15) is 13.2 Å². The highest BCUT2D eigenvalue weighted by Gasteiger charge is 2.27. The Balaban J connectivity index is 3.90. The van der Waals surface area contributed by atoms with Crippen LogP contribution >= 0.6 is 7.82 Å². The lowest BCUT2D eigenvalue weighted by Gasteiger charge is -2.25. The van der Waals surface area contributed by atoms with Gasteiger partial charge >= 0.3 is 7.82 Å². The van der Waals surface area contributed by atoms with E-state index in [0.717, 1.165) is 38.5 Å². The Morgan fingerprint density at radius 2 is 0.794 bits per heavy atom. The lowest BCUT2D eigenvalue weighted by Crippen LogP contribution is -2.45. The molecular formula is C59H118N2O6P+. The highest BCUT2D eigenvalue weighted by Crippen LogP contribution is 2.43. The third-order valence-electron chi connectivity index (χ3n) is 13.7. The molecule has 0 spiro atoms. The van der Waals surface area contributed by atoms with Crippen LogP contribution in [0, 0.1) is 0 Å². The van der Waals surface area contributed by atoms with Gasteiger partial charge in [-0.1, -0.05) is 269 Å². The van der Waals surface area contributed by atoms with Crippen molar-refractivity contribution in [1.29, 1.82) is 0 Å². The predicted octanol–water partition coefficient (Wildman–Crippen LogP) is 18.0. The third kappa shape index (κ3) is 52.8. The Hall–Kier alpha value is -1.02. The van der Waals surface area contributed by atoms with Gasteiger partial charge in [-0.15, -0.1) is 0 Å². The number of rotatable bonds is 55. The summed E-state index contributed by atoms with van der Waals surface area (Å²) < 4.78 is 23.6. The molecule has 0 bridgehead atoms. The number of carbonyl (C=O) groups is 1. The van der Waals surface area contributed by atoms with E-state index < -0.39 is 20.0 Å². The fourth-order valence-electron chi connectivity index (χ4n) is 8.98. The van der Waals surface area contributed by atoms with Crippen molar-refractivity contribution in [2.24, 2.45) is 0 Å². The zero-order valence-electron chi connectivity index (χ0n) is 46.1. The van der Waals surface area contributed by atoms with E-state index in [2.05, 4.69) is 31.3 Å². The Morgan fingerprint density at radius 3 is 1.13 bits per heavy atom. The van der Waals surface area contributed by atoms with Crippen molar-refractivity contribution in [2.75, 3.05) is 40.9 Å². The highest BCUT2D eigenvalue weighted by atomic mass is 31.2. The minimum absolute atomic E-state index is 0.0635. The number of carbonyl (C=O) groups excluding carboxylic acids is 1. The Kier molecular flexibility index (Phi) is 50.1. The first-order chi connectivity index (χ1) is 33.0. The minimum Gasteiger partial charge on any atom is -0.387 e. The first-order valence-electron chi connectivity index (χ1n) is 29.7. The number of quaternary nitrogens is 1. The first kappa shape index (κ1) is 67.0. The monoisotopic (exact) mass is 982 g/mol. The molecule has 404 valence electrons. The summed E-state index contributed by atoms with van der Waals surface area (Å²) in [4.78, 5) is 23.2. The molecule has 0 aromatic carbocycles. The molecule has 8 nitrogen and oxygen atoms in total. The molecule has 3 N–H and O–H groups in total. The van der Waals surface area contributed by atoms with E-state index in [9.17, 15) is 19.4 Å². The van der Waals surface area contributed by atoms with Crippen LogP contribution < -0.4 is 5.32 Å². The van der Waals surface area contributed by atoms with Crippen LogP contribution in [0.15, 0.2) is 24.3 Å². The summed E-state index contributed by atoms with van der Waals surface area (Å²) >= 11 is 0. The molecular weight excluding hydrogens is 864 g/mol. The lowest BCUT2D eigenvalue weighted by molar-refractivity contribution is -0.870. The lowest BCUT2D eigenvalue weighted by atomic mass is 10.0. The van der Waals surface area contributed by atoms with E-state index >= 15 is 0 Å². The minimum atomic E-state index is -4.34. The number of hydrogen-bond donors (Lipinski definition) is 3. The van der Waals surface area contributed by atoms with Crippen LogP contribution in [0.2, 0.25) is 0 Å². The van der Waals surface area contributed by atoms with Crippen molar-refractivity contribution >= 4 is 13.7 Å². The van der Waals surface area contributed by atoms with E-state index in [-0.39, 0.29) is 19.1 Å². The second-order valence-corrected chi connectivity index (χ2v) is 23.2. The van der Waals surface area contributed by atoms with Crippen LogP contribution in [0.3, 0.4) is 0 Å². The van der Waals surface area contributed by atoms with Gasteiger partial charge in [0, 0.05) is 6.42 Å². The maximum Gasteiger partial charge on any atom is 0.472 e. The van der Waals surface area contributed by atoms with Gasteiger partial charge in [-0.2, -0.15) is 0 Å². The second-order valence-electron chi connectivity index (χ2n) is 21.7. The van der Waals surface area contributed by atoms with Crippen LogP contribution in [0.5, 0.6) is 0 Å². The van der Waals surface area contributed by atoms with Gasteiger partial charge in [0.15, 0.2) is 0 Å². The van der Waals surface area contributed by atoms with Crippen molar-refractivity contribution in [3.05, 3.63) is 24.3 Å². The third-order valence-corrected chi connectivity index (χ3v) is 14.6. The average molecular weight is 983 g/mol. The zero-order chi connectivity index (χ0) is 49.9. The van der Waals surface area contributed by atoms with Gasteiger partial charge in [0.25, 0.3) is 0 Å². The molecule has 3 unspecified atom stereocenters. The number of phosphoric acid groups is 1. The fourth-order valence-corrected chi connectivity index (χ4v) is 9.72. The summed E-state index contributed by atoms with van der Waals surface area (Å²) in [5.74, 6) is -0.174. The van der Waals surface area contributed by atoms with Gasteiger partial charge in [-0.3, -0.25) is 13.8 Å². The van der Waals surface area contributed by atoms with Crippen molar-refractivity contribution in [1.82, 2.24) is 5.32 Å². The number of phosphoric ester groups is 1. The molecule has 0 aromatic heterocycles. The molecule has 0 aliphatic carbocycles. The molecule has 0 aliphatic heterocycles. The standard InChI is InChI=1S/C59H117N2O6P/c1-6-8-10-12-14-16-18-19-20-21-22-23-24-25-26-27-28-29-30-31-32-33-34-35-36-37-38-39-40-41-43-45-47-49-51-53-59(63)60-57(56-67-68(64,65)66-55-54-61(3,4)5)58(62)52-50-48-46-44-42-17-15-13-11-9-7-2/h27-28,50,52,57-58,62H,6-26,29-49,51,53-56H2,1-5H3,(H-,60,63,64,65)/p+1/b28-27-,52-50+. The number of hydrogen-bond acceptors (Lipinski definition) is 5. The number of aliphatic hydroxyl groups excluding tert-OH is 1. The van der Waals surface area contributed by atoms with E-state index in [1.54, 1.807) is 6.08 Å². The summed E-state index contributed by atoms with van der Waals surface area (Å²) in [6, 6.07) is -0.842. The number of aliphatic hydroxyl groups is 1. The first-order valence-corrected chi connectivity index (χ1v) is 31.2. The number of amides is 1. The van der Waals surface area contributed by atoms with Gasteiger partial charge in [0.2, 0.25) is 5.91 Å². The highest BCUT2D eigenvalue weighted by molar-refractivity contribution is 7.47. The predicted molar refractivity (Wildman–Crippen MR) is 295 cm³/mol. The summed E-state index contributed by atoms with van der Waals surface area (Å²) in [6.07, 6.45) is 64.5. The molecule has 0 radical (unpaired) electrons. The second kappa shape index (κ2) is 50.9. The van der Waals surface area contributed by atoms with E-state index in [0.29, 0.717) is 17.4 Å². The van der Waals surface area contributed by atoms with Gasteiger partial charge < -0.3 is 19.8 Å². The smallest absolute Gasteiger partial charge is 0.387 e. The molecule has 0 aromatic rings. The zero-order valence-corrected chi connectivity index (χ0v) is 47.0. The summed E-state index contributed by atoms with van der Waals surface area (Å²) in [5.41, 5.74) is 0. The molecule has 3 atom stereocenters. The Bertz CT molecular complexity index is 1160. The topological polar surface area (TPSA) is 105 Å². The SMILES string of the molecule is CCCCCCCCCCC/C=C/C(O)C(COP(=O)(O)OCC[N+](C)(C)C)NC(=O)CCCCCCCCCCCCCCCCCCC/C=C\CCCCCCCCCCCCCCCC. The quantitative estimate of drug-likeness (QED) is 0.0243. The summed E-state index contributed by atoms with van der Waals surface area (Å²) in [7, 11) is 1.58. The normalized spacial score (nSPS) is 14.0. The maximum absolute atomic E-state index is 12.9. The van der Waals surface area contributed by atoms with Crippen molar-refractivity contribution in [3.63, 3.8) is 0 Å². The molecule has 0 saturated carbocycles. The largest absolute Gasteiger partial charge is 0.472 e. The summed E-state index contributed by atoms with van der Waals surface area (Å²) in [5, 5.41) is 13.9. The molecule has 68 heavy (non-hydrogen) atoms. The molecule has 9 heteroatoms. The van der Waals surface area contributed by atoms with Crippen molar-refractivity contribution in [3.8, 4) is 0 Å². The molecule has 0 heterocycles. The van der Waals surface area contributed by atoms with Crippen molar-refractivity contribution in [2.45, 2.75) is 309 Å². The summed E-state index contributed by atoms with van der Waals surface area (Å²) in [6.45, 7) is 4.83. The fraction of sp³-hybridized carbons (Fsp3) is 0.915. The molecule has 0 fully saturated rings. The van der Waals surface area contributed by atoms with Crippen LogP contribution in [-0.2, 0) is 18.4 Å². The number of unbranched alkanes of at least 4 members (excludes halogenated alkanes) is 40. The maximum atomic E-state index is 12.9. The van der Waals surface area contributed by atoms with Gasteiger partial charge in [-0.05, 0) is 44.9 Å². The molecule has 0 rings (SSSR count). The van der Waals surface area contributed by atoms with E-state index in [1.165, 1.54) is 238 Å². The van der Waals surface area contributed by atoms with E-state index in [1.807, 2.05) is 27.2 Å². The van der Waals surface area contributed by atoms with Gasteiger partial charge in [-0.25, -0.2) is 4.57 Å². The molecule has 0 saturated heterocycles.